The van der Waals surface area contributed by atoms with Crippen molar-refractivity contribution in [2.45, 2.75) is 15.4 Å². The van der Waals surface area contributed by atoms with Gasteiger partial charge in [-0.1, -0.05) is 17.7 Å². The predicted molar refractivity (Wildman–Crippen MR) is 94.9 cm³/mol. The number of benzene rings is 1. The molecule has 0 N–H and O–H groups in total. The Balaban J connectivity index is 1.82. The highest BCUT2D eigenvalue weighted by Gasteiger charge is 2.50. The van der Waals surface area contributed by atoms with Crippen LogP contribution in [0.15, 0.2) is 52.3 Å². The van der Waals surface area contributed by atoms with E-state index in [1.807, 2.05) is 6.26 Å². The average Bonchev–Trinajstić information content (AvgIpc) is 3.35. The second kappa shape index (κ2) is 6.65. The van der Waals surface area contributed by atoms with E-state index in [9.17, 15) is 8.42 Å². The van der Waals surface area contributed by atoms with E-state index in [0.717, 1.165) is 4.90 Å². The van der Waals surface area contributed by atoms with Crippen LogP contribution in [0.5, 0.6) is 0 Å². The summed E-state index contributed by atoms with van der Waals surface area (Å²) in [6.07, 6.45) is 1.95. The lowest BCUT2D eigenvalue weighted by Crippen LogP contribution is -2.35. The minimum Gasteiger partial charge on any atom is -0.361 e. The van der Waals surface area contributed by atoms with Crippen LogP contribution in [-0.2, 0) is 20.4 Å². The van der Waals surface area contributed by atoms with Crippen molar-refractivity contribution in [3.05, 3.63) is 53.3 Å². The van der Waals surface area contributed by atoms with Crippen LogP contribution in [0.3, 0.4) is 0 Å². The Morgan fingerprint density at radius 3 is 2.50 bits per heavy atom. The van der Waals surface area contributed by atoms with Crippen molar-refractivity contribution in [2.75, 3.05) is 26.5 Å². The Bertz CT molecular complexity index is 837. The van der Waals surface area contributed by atoms with Crippen molar-refractivity contribution in [3.8, 4) is 0 Å². The molecule has 0 radical (unpaired) electrons. The third-order valence-electron chi connectivity index (χ3n) is 3.92. The number of hydrogen-bond acceptors (Lipinski definition) is 5. The SMILES string of the molecule is CSc1ccc(S(=O)(=O)N(C)CC2(c3cccc(Cl)n3)CO2)cc1. The maximum Gasteiger partial charge on any atom is 0.242 e. The minimum atomic E-state index is -3.59. The zero-order valence-electron chi connectivity index (χ0n) is 13.3. The van der Waals surface area contributed by atoms with Crippen LogP contribution in [0.25, 0.3) is 0 Å². The quantitative estimate of drug-likeness (QED) is 0.435. The first-order chi connectivity index (χ1) is 11.4. The van der Waals surface area contributed by atoms with Gasteiger partial charge in [-0.15, -0.1) is 11.8 Å². The second-order valence-electron chi connectivity index (χ2n) is 5.57. The third kappa shape index (κ3) is 3.45. The summed E-state index contributed by atoms with van der Waals surface area (Å²) in [6.45, 7) is 0.610. The van der Waals surface area contributed by atoms with Crippen molar-refractivity contribution in [1.82, 2.24) is 9.29 Å². The summed E-state index contributed by atoms with van der Waals surface area (Å²) in [5.41, 5.74) is -0.0684. The Hall–Kier alpha value is -1.12. The Morgan fingerprint density at radius 2 is 1.96 bits per heavy atom. The van der Waals surface area contributed by atoms with Crippen molar-refractivity contribution in [2.24, 2.45) is 0 Å². The molecule has 2 heterocycles. The molecule has 8 heteroatoms. The lowest BCUT2D eigenvalue weighted by atomic mass is 10.1. The minimum absolute atomic E-state index is 0.187. The van der Waals surface area contributed by atoms with Crippen LogP contribution in [0, 0.1) is 0 Å². The van der Waals surface area contributed by atoms with Gasteiger partial charge in [0.2, 0.25) is 10.0 Å². The number of ether oxygens (including phenoxy) is 1. The van der Waals surface area contributed by atoms with Gasteiger partial charge in [-0.3, -0.25) is 0 Å². The first-order valence-corrected chi connectivity index (χ1v) is 10.3. The van der Waals surface area contributed by atoms with E-state index in [2.05, 4.69) is 4.98 Å². The molecule has 1 aromatic heterocycles. The van der Waals surface area contributed by atoms with Gasteiger partial charge in [-0.05, 0) is 42.7 Å². The van der Waals surface area contributed by atoms with E-state index in [1.54, 1.807) is 61.3 Å². The highest BCUT2D eigenvalue weighted by Crippen LogP contribution is 2.39. The molecule has 1 unspecified atom stereocenters. The van der Waals surface area contributed by atoms with Gasteiger partial charge < -0.3 is 4.74 Å². The number of nitrogens with zero attached hydrogens (tertiary/aromatic N) is 2. The van der Waals surface area contributed by atoms with E-state index in [0.29, 0.717) is 17.5 Å². The summed E-state index contributed by atoms with van der Waals surface area (Å²) < 4.78 is 32.4. The number of pyridine rings is 1. The van der Waals surface area contributed by atoms with E-state index in [1.165, 1.54) is 4.31 Å². The van der Waals surface area contributed by atoms with Gasteiger partial charge in [0.25, 0.3) is 0 Å². The van der Waals surface area contributed by atoms with Crippen LogP contribution < -0.4 is 0 Å². The molecule has 1 saturated heterocycles. The van der Waals surface area contributed by atoms with Crippen molar-refractivity contribution < 1.29 is 13.2 Å². The fourth-order valence-electron chi connectivity index (χ4n) is 2.44. The highest BCUT2D eigenvalue weighted by atomic mass is 35.5. The van der Waals surface area contributed by atoms with Gasteiger partial charge in [0.1, 0.15) is 10.8 Å². The summed E-state index contributed by atoms with van der Waals surface area (Å²) in [5.74, 6) is 0. The van der Waals surface area contributed by atoms with Gasteiger partial charge in [-0.2, -0.15) is 4.31 Å². The fraction of sp³-hybridized carbons (Fsp3) is 0.312. The lowest BCUT2D eigenvalue weighted by molar-refractivity contribution is 0.261. The molecule has 1 atom stereocenters. The van der Waals surface area contributed by atoms with Crippen LogP contribution in [0.1, 0.15) is 5.69 Å². The molecule has 128 valence electrons. The number of thioether (sulfide) groups is 1. The molecule has 1 aromatic carbocycles. The monoisotopic (exact) mass is 384 g/mol. The molecule has 24 heavy (non-hydrogen) atoms. The molecule has 0 spiro atoms. The number of aromatic nitrogens is 1. The number of epoxide rings is 1. The summed E-state index contributed by atoms with van der Waals surface area (Å²) in [7, 11) is -2.04. The first-order valence-electron chi connectivity index (χ1n) is 7.25. The largest absolute Gasteiger partial charge is 0.361 e. The molecular formula is C16H17ClN2O3S2. The summed E-state index contributed by atoms with van der Waals surface area (Å²) in [5, 5.41) is 0.362. The van der Waals surface area contributed by atoms with Crippen LogP contribution in [-0.4, -0.2) is 44.2 Å². The molecule has 5 nitrogen and oxygen atoms in total. The van der Waals surface area contributed by atoms with Crippen molar-refractivity contribution in [1.29, 1.82) is 0 Å². The van der Waals surface area contributed by atoms with Crippen molar-refractivity contribution >= 4 is 33.4 Å². The van der Waals surface area contributed by atoms with E-state index >= 15 is 0 Å². The highest BCUT2D eigenvalue weighted by molar-refractivity contribution is 7.98. The van der Waals surface area contributed by atoms with Crippen LogP contribution in [0.2, 0.25) is 5.15 Å². The Labute approximate surface area is 151 Å². The maximum atomic E-state index is 12.8. The van der Waals surface area contributed by atoms with Gasteiger partial charge in [-0.25, -0.2) is 13.4 Å². The summed E-state index contributed by atoms with van der Waals surface area (Å²) in [4.78, 5) is 5.53. The average molecular weight is 385 g/mol. The van der Waals surface area contributed by atoms with Crippen LogP contribution >= 0.6 is 23.4 Å². The van der Waals surface area contributed by atoms with Crippen LogP contribution in [0.4, 0.5) is 0 Å². The predicted octanol–water partition coefficient (Wildman–Crippen LogP) is 3.00. The first kappa shape index (κ1) is 17.7. The summed E-state index contributed by atoms with van der Waals surface area (Å²) >= 11 is 7.50. The zero-order chi connectivity index (χ0) is 17.4. The summed E-state index contributed by atoms with van der Waals surface area (Å²) in [6, 6.07) is 12.1. The second-order valence-corrected chi connectivity index (χ2v) is 8.88. The number of rotatable bonds is 6. The molecule has 1 fully saturated rings. The Morgan fingerprint density at radius 1 is 1.29 bits per heavy atom. The van der Waals surface area contributed by atoms with Gasteiger partial charge in [0.15, 0.2) is 0 Å². The van der Waals surface area contributed by atoms with Crippen molar-refractivity contribution in [3.63, 3.8) is 0 Å². The lowest BCUT2D eigenvalue weighted by Gasteiger charge is -2.21. The fourth-order valence-corrected chi connectivity index (χ4v) is 4.23. The van der Waals surface area contributed by atoms with E-state index in [-0.39, 0.29) is 11.4 Å². The van der Waals surface area contributed by atoms with Gasteiger partial charge in [0.05, 0.1) is 23.7 Å². The zero-order valence-corrected chi connectivity index (χ0v) is 15.7. The molecule has 1 aliphatic rings. The van der Waals surface area contributed by atoms with Gasteiger partial charge >= 0.3 is 0 Å². The van der Waals surface area contributed by atoms with E-state index in [4.69, 9.17) is 16.3 Å². The number of hydrogen-bond donors (Lipinski definition) is 0. The third-order valence-corrected chi connectivity index (χ3v) is 6.69. The molecule has 0 bridgehead atoms. The molecular weight excluding hydrogens is 368 g/mol. The number of likely N-dealkylation sites (N-methyl/N-ethyl adjacent to an activating group) is 1. The Kier molecular flexibility index (Phi) is 4.90. The maximum absolute atomic E-state index is 12.8. The van der Waals surface area contributed by atoms with E-state index < -0.39 is 15.6 Å². The molecule has 2 aromatic rings. The molecule has 0 amide bonds. The molecule has 0 saturated carbocycles. The topological polar surface area (TPSA) is 62.8 Å². The standard InChI is InChI=1S/C16H17ClN2O3S2/c1-19(24(20,21)13-8-6-12(23-2)7-9-13)10-16(11-22-16)14-4-3-5-15(17)18-14/h3-9H,10-11H2,1-2H3. The molecule has 3 rings (SSSR count). The number of halogens is 1. The smallest absolute Gasteiger partial charge is 0.242 e. The number of sulfonamides is 1. The normalized spacial score (nSPS) is 20.3. The molecule has 1 aliphatic heterocycles. The molecule has 0 aliphatic carbocycles. The van der Waals surface area contributed by atoms with Gasteiger partial charge in [0, 0.05) is 11.9 Å².